The van der Waals surface area contributed by atoms with E-state index < -0.39 is 29.3 Å². The summed E-state index contributed by atoms with van der Waals surface area (Å²) in [4.78, 5) is 35.7. The standard InChI is InChI=1S/C23H28F4N6O3/c1-4-6-19(34)32-7-9-33(10-8-32)21(35)14-11-18(36-3)17(12-16(14)24)30-22-29-13-15(23(25,26)27)20(31-22)28-5-2/h11-13H,4-10H2,1-3H3,(H2,28,29,30,31). The van der Waals surface area contributed by atoms with Gasteiger partial charge in [-0.25, -0.2) is 9.37 Å². The minimum Gasteiger partial charge on any atom is -0.495 e. The van der Waals surface area contributed by atoms with Crippen molar-refractivity contribution in [3.8, 4) is 5.75 Å². The van der Waals surface area contributed by atoms with E-state index in [1.807, 2.05) is 6.92 Å². The Morgan fingerprint density at radius 2 is 1.78 bits per heavy atom. The van der Waals surface area contributed by atoms with Crippen LogP contribution in [0.1, 0.15) is 42.6 Å². The predicted molar refractivity (Wildman–Crippen MR) is 125 cm³/mol. The van der Waals surface area contributed by atoms with E-state index in [9.17, 15) is 27.2 Å². The molecule has 0 spiro atoms. The van der Waals surface area contributed by atoms with Crippen LogP contribution in [0.25, 0.3) is 0 Å². The highest BCUT2D eigenvalue weighted by molar-refractivity contribution is 5.96. The minimum absolute atomic E-state index is 0.0238. The number of halogens is 4. The first-order valence-corrected chi connectivity index (χ1v) is 11.5. The van der Waals surface area contributed by atoms with E-state index in [-0.39, 0.29) is 48.5 Å². The number of carbonyl (C=O) groups is 2. The van der Waals surface area contributed by atoms with E-state index in [2.05, 4.69) is 20.6 Å². The Bertz CT molecular complexity index is 1100. The molecule has 1 fully saturated rings. The summed E-state index contributed by atoms with van der Waals surface area (Å²) in [6.45, 7) is 4.98. The minimum atomic E-state index is -4.66. The molecular formula is C23H28F4N6O3. The summed E-state index contributed by atoms with van der Waals surface area (Å²) in [5, 5.41) is 5.19. The second-order valence-electron chi connectivity index (χ2n) is 8.06. The van der Waals surface area contributed by atoms with Crippen molar-refractivity contribution in [2.75, 3.05) is 50.5 Å². The fraction of sp³-hybridized carbons (Fsp3) is 0.478. The van der Waals surface area contributed by atoms with Gasteiger partial charge in [0.2, 0.25) is 11.9 Å². The number of ether oxygens (including phenoxy) is 1. The number of methoxy groups -OCH3 is 1. The van der Waals surface area contributed by atoms with Gasteiger partial charge in [-0.3, -0.25) is 9.59 Å². The Morgan fingerprint density at radius 3 is 2.36 bits per heavy atom. The Labute approximate surface area is 205 Å². The van der Waals surface area contributed by atoms with Gasteiger partial charge in [0.1, 0.15) is 22.9 Å². The zero-order chi connectivity index (χ0) is 26.5. The number of anilines is 3. The third-order valence-electron chi connectivity index (χ3n) is 5.59. The number of piperazine rings is 1. The summed E-state index contributed by atoms with van der Waals surface area (Å²) in [5.41, 5.74) is -1.23. The zero-order valence-corrected chi connectivity index (χ0v) is 20.2. The van der Waals surface area contributed by atoms with Crippen LogP contribution < -0.4 is 15.4 Å². The fourth-order valence-electron chi connectivity index (χ4n) is 3.76. The molecule has 3 rings (SSSR count). The highest BCUT2D eigenvalue weighted by Crippen LogP contribution is 2.35. The average Bonchev–Trinajstić information content (AvgIpc) is 2.84. The summed E-state index contributed by atoms with van der Waals surface area (Å²) in [6, 6.07) is 2.21. The fourth-order valence-corrected chi connectivity index (χ4v) is 3.76. The van der Waals surface area contributed by atoms with Crippen LogP contribution in [0, 0.1) is 5.82 Å². The molecule has 2 N–H and O–H groups in total. The predicted octanol–water partition coefficient (Wildman–Crippen LogP) is 3.90. The summed E-state index contributed by atoms with van der Waals surface area (Å²) in [5.74, 6) is -1.96. The molecule has 2 aromatic rings. The van der Waals surface area contributed by atoms with E-state index in [1.165, 1.54) is 18.1 Å². The van der Waals surface area contributed by atoms with Gasteiger partial charge in [0.25, 0.3) is 5.91 Å². The molecule has 0 atom stereocenters. The van der Waals surface area contributed by atoms with Gasteiger partial charge in [0, 0.05) is 51.4 Å². The number of benzene rings is 1. The molecule has 2 heterocycles. The third kappa shape index (κ3) is 6.13. The van der Waals surface area contributed by atoms with Crippen molar-refractivity contribution in [3.05, 3.63) is 35.3 Å². The number of hydrogen-bond acceptors (Lipinski definition) is 7. The molecule has 1 aromatic heterocycles. The van der Waals surface area contributed by atoms with Crippen molar-refractivity contribution in [2.45, 2.75) is 32.9 Å². The number of amides is 2. The summed E-state index contributed by atoms with van der Waals surface area (Å²) >= 11 is 0. The van der Waals surface area contributed by atoms with Gasteiger partial charge < -0.3 is 25.2 Å². The molecule has 9 nitrogen and oxygen atoms in total. The summed E-state index contributed by atoms with van der Waals surface area (Å²) in [6.07, 6.45) is -2.86. The Hall–Kier alpha value is -3.64. The van der Waals surface area contributed by atoms with Crippen LogP contribution in [0.3, 0.4) is 0 Å². The second-order valence-corrected chi connectivity index (χ2v) is 8.06. The van der Waals surface area contributed by atoms with Crippen molar-refractivity contribution in [1.29, 1.82) is 0 Å². The molecule has 36 heavy (non-hydrogen) atoms. The molecule has 0 bridgehead atoms. The molecule has 0 saturated carbocycles. The molecule has 1 aliphatic heterocycles. The Kier molecular flexibility index (Phi) is 8.53. The largest absolute Gasteiger partial charge is 0.495 e. The van der Waals surface area contributed by atoms with Gasteiger partial charge in [0.15, 0.2) is 0 Å². The first-order chi connectivity index (χ1) is 17.1. The normalized spacial score (nSPS) is 14.0. The van der Waals surface area contributed by atoms with Gasteiger partial charge in [-0.1, -0.05) is 6.92 Å². The smallest absolute Gasteiger partial charge is 0.421 e. The van der Waals surface area contributed by atoms with E-state index in [1.54, 1.807) is 11.8 Å². The van der Waals surface area contributed by atoms with Crippen molar-refractivity contribution in [1.82, 2.24) is 19.8 Å². The van der Waals surface area contributed by atoms with Gasteiger partial charge in [-0.15, -0.1) is 0 Å². The van der Waals surface area contributed by atoms with E-state index in [4.69, 9.17) is 4.74 Å². The van der Waals surface area contributed by atoms with Crippen LogP contribution in [-0.4, -0.2) is 71.4 Å². The maximum Gasteiger partial charge on any atom is 0.421 e. The van der Waals surface area contributed by atoms with Crippen LogP contribution in [0.4, 0.5) is 35.0 Å². The Morgan fingerprint density at radius 1 is 1.11 bits per heavy atom. The van der Waals surface area contributed by atoms with Crippen molar-refractivity contribution in [2.24, 2.45) is 0 Å². The highest BCUT2D eigenvalue weighted by Gasteiger charge is 2.35. The number of aromatic nitrogens is 2. The van der Waals surface area contributed by atoms with Gasteiger partial charge in [0.05, 0.1) is 18.4 Å². The molecule has 0 unspecified atom stereocenters. The van der Waals surface area contributed by atoms with E-state index in [0.717, 1.165) is 12.5 Å². The van der Waals surface area contributed by atoms with Gasteiger partial charge in [-0.2, -0.15) is 18.2 Å². The molecular weight excluding hydrogens is 484 g/mol. The number of hydrogen-bond donors (Lipinski definition) is 2. The molecule has 13 heteroatoms. The molecule has 1 saturated heterocycles. The van der Waals surface area contributed by atoms with Gasteiger partial charge >= 0.3 is 6.18 Å². The van der Waals surface area contributed by atoms with E-state index >= 15 is 0 Å². The summed E-state index contributed by atoms with van der Waals surface area (Å²) in [7, 11) is 1.31. The monoisotopic (exact) mass is 512 g/mol. The lowest BCUT2D eigenvalue weighted by Crippen LogP contribution is -2.50. The molecule has 0 aliphatic carbocycles. The number of nitrogens with one attached hydrogen (secondary N) is 2. The average molecular weight is 513 g/mol. The number of carbonyl (C=O) groups excluding carboxylic acids is 2. The Balaban J connectivity index is 1.80. The third-order valence-corrected chi connectivity index (χ3v) is 5.59. The molecule has 1 aliphatic rings. The van der Waals surface area contributed by atoms with E-state index in [0.29, 0.717) is 25.7 Å². The maximum atomic E-state index is 15.0. The van der Waals surface area contributed by atoms with Crippen molar-refractivity contribution in [3.63, 3.8) is 0 Å². The van der Waals surface area contributed by atoms with Crippen LogP contribution in [0.5, 0.6) is 5.75 Å². The molecule has 0 radical (unpaired) electrons. The van der Waals surface area contributed by atoms with Gasteiger partial charge in [-0.05, 0) is 19.4 Å². The first-order valence-electron chi connectivity index (χ1n) is 11.5. The van der Waals surface area contributed by atoms with Crippen LogP contribution in [0.15, 0.2) is 18.3 Å². The number of alkyl halides is 3. The highest BCUT2D eigenvalue weighted by atomic mass is 19.4. The lowest BCUT2D eigenvalue weighted by atomic mass is 10.1. The quantitative estimate of drug-likeness (QED) is 0.518. The maximum absolute atomic E-state index is 15.0. The second kappa shape index (κ2) is 11.4. The number of rotatable bonds is 8. The first kappa shape index (κ1) is 27.0. The van der Waals surface area contributed by atoms with Crippen LogP contribution in [-0.2, 0) is 11.0 Å². The lowest BCUT2D eigenvalue weighted by molar-refractivity contribution is -0.137. The zero-order valence-electron chi connectivity index (χ0n) is 20.2. The topological polar surface area (TPSA) is 99.7 Å². The summed E-state index contributed by atoms with van der Waals surface area (Å²) < 4.78 is 59.9. The molecule has 196 valence electrons. The number of nitrogens with zero attached hydrogens (tertiary/aromatic N) is 4. The van der Waals surface area contributed by atoms with Crippen LogP contribution >= 0.6 is 0 Å². The lowest BCUT2D eigenvalue weighted by Gasteiger charge is -2.35. The molecule has 1 aromatic carbocycles. The van der Waals surface area contributed by atoms with Crippen LogP contribution in [0.2, 0.25) is 0 Å². The van der Waals surface area contributed by atoms with Crippen molar-refractivity contribution < 1.29 is 31.9 Å². The SMILES string of the molecule is CCCC(=O)N1CCN(C(=O)c2cc(OC)c(Nc3ncc(C(F)(F)F)c(NCC)n3)cc2F)CC1. The van der Waals surface area contributed by atoms with Crippen molar-refractivity contribution >= 4 is 29.3 Å². The molecule has 2 amide bonds.